The summed E-state index contributed by atoms with van der Waals surface area (Å²) in [4.78, 5) is 16.8. The molecule has 1 aromatic rings. The average Bonchev–Trinajstić information content (AvgIpc) is 2.44. The fraction of sp³-hybridized carbons (Fsp3) is 0.562. The van der Waals surface area contributed by atoms with Crippen LogP contribution in [0.3, 0.4) is 0 Å². The lowest BCUT2D eigenvalue weighted by Gasteiger charge is -2.25. The number of carbonyl (C=O) groups excluding carboxylic acids is 1. The summed E-state index contributed by atoms with van der Waals surface area (Å²) in [6.07, 6.45) is 0.941. The smallest absolute Gasteiger partial charge is 0.256 e. The maximum atomic E-state index is 12.8. The minimum Gasteiger partial charge on any atom is -0.385 e. The minimum absolute atomic E-state index is 0.0390. The molecule has 0 aliphatic rings. The molecule has 0 heterocycles. The molecular formula is C16H26ClN3O. The molecule has 0 bridgehead atoms. The van der Waals surface area contributed by atoms with E-state index in [0.29, 0.717) is 10.6 Å². The predicted octanol–water partition coefficient (Wildman–Crippen LogP) is 3.19. The first-order valence-electron chi connectivity index (χ1n) is 7.47. The number of carbonyl (C=O) groups is 1. The molecule has 0 saturated heterocycles. The molecule has 0 aliphatic heterocycles. The molecule has 5 heteroatoms. The van der Waals surface area contributed by atoms with Gasteiger partial charge in [-0.15, -0.1) is 0 Å². The largest absolute Gasteiger partial charge is 0.385 e. The Morgan fingerprint density at radius 3 is 2.48 bits per heavy atom. The molecule has 0 atom stereocenters. The van der Waals surface area contributed by atoms with Crippen molar-refractivity contribution in [2.24, 2.45) is 0 Å². The molecular weight excluding hydrogens is 286 g/mol. The number of amides is 1. The van der Waals surface area contributed by atoms with Crippen LogP contribution in [0.15, 0.2) is 18.2 Å². The monoisotopic (exact) mass is 311 g/mol. The number of nitrogens with one attached hydrogen (secondary N) is 1. The molecule has 0 fully saturated rings. The normalized spacial score (nSPS) is 10.8. The number of likely N-dealkylation sites (N-methyl/N-ethyl adjacent to an activating group) is 1. The standard InChI is InChI=1S/C16H26ClN3O/c1-5-9-20(11-10-19(3)4)16(21)14-12-13(17)7-8-15(14)18-6-2/h7-8,12,18H,5-6,9-11H2,1-4H3. The van der Waals surface area contributed by atoms with Gasteiger partial charge in [0.1, 0.15) is 0 Å². The summed E-state index contributed by atoms with van der Waals surface area (Å²) in [5.41, 5.74) is 1.49. The van der Waals surface area contributed by atoms with E-state index in [1.807, 2.05) is 32.0 Å². The molecule has 1 amide bonds. The molecule has 0 unspecified atom stereocenters. The van der Waals surface area contributed by atoms with Gasteiger partial charge in [-0.3, -0.25) is 4.79 Å². The average molecular weight is 312 g/mol. The molecule has 0 aliphatic carbocycles. The second kappa shape index (κ2) is 8.90. The Morgan fingerprint density at radius 1 is 1.19 bits per heavy atom. The van der Waals surface area contributed by atoms with Crippen LogP contribution in [0.25, 0.3) is 0 Å². The molecule has 0 spiro atoms. The summed E-state index contributed by atoms with van der Waals surface area (Å²) in [6, 6.07) is 5.43. The van der Waals surface area contributed by atoms with Gasteiger partial charge in [0.2, 0.25) is 0 Å². The minimum atomic E-state index is 0.0390. The van der Waals surface area contributed by atoms with Gasteiger partial charge in [0.25, 0.3) is 5.91 Å². The molecule has 0 aromatic heterocycles. The first-order valence-corrected chi connectivity index (χ1v) is 7.84. The van der Waals surface area contributed by atoms with Crippen molar-refractivity contribution in [3.05, 3.63) is 28.8 Å². The molecule has 0 saturated carbocycles. The van der Waals surface area contributed by atoms with E-state index in [1.54, 1.807) is 12.1 Å². The van der Waals surface area contributed by atoms with E-state index in [9.17, 15) is 4.79 Å². The summed E-state index contributed by atoms with van der Waals surface area (Å²) in [6.45, 7) is 7.19. The highest BCUT2D eigenvalue weighted by Crippen LogP contribution is 2.22. The van der Waals surface area contributed by atoms with Crippen LogP contribution in [-0.4, -0.2) is 56.0 Å². The lowest BCUT2D eigenvalue weighted by molar-refractivity contribution is 0.0746. The summed E-state index contributed by atoms with van der Waals surface area (Å²) in [5.74, 6) is 0.0390. The highest BCUT2D eigenvalue weighted by Gasteiger charge is 2.18. The molecule has 1 N–H and O–H groups in total. The van der Waals surface area contributed by atoms with E-state index in [2.05, 4.69) is 17.1 Å². The van der Waals surface area contributed by atoms with Crippen LogP contribution < -0.4 is 5.32 Å². The van der Waals surface area contributed by atoms with Gasteiger partial charge in [0.05, 0.1) is 5.56 Å². The van der Waals surface area contributed by atoms with E-state index in [0.717, 1.165) is 38.3 Å². The number of halogens is 1. The predicted molar refractivity (Wildman–Crippen MR) is 90.4 cm³/mol. The number of nitrogens with zero attached hydrogens (tertiary/aromatic N) is 2. The Kier molecular flexibility index (Phi) is 7.54. The van der Waals surface area contributed by atoms with E-state index in [1.165, 1.54) is 0 Å². The fourth-order valence-electron chi connectivity index (χ4n) is 2.11. The van der Waals surface area contributed by atoms with Crippen LogP contribution in [0, 0.1) is 0 Å². The van der Waals surface area contributed by atoms with Crippen LogP contribution in [-0.2, 0) is 0 Å². The number of benzene rings is 1. The van der Waals surface area contributed by atoms with E-state index >= 15 is 0 Å². The summed E-state index contributed by atoms with van der Waals surface area (Å²) < 4.78 is 0. The zero-order chi connectivity index (χ0) is 15.8. The lowest BCUT2D eigenvalue weighted by Crippen LogP contribution is -2.37. The van der Waals surface area contributed by atoms with Gasteiger partial charge >= 0.3 is 0 Å². The highest BCUT2D eigenvalue weighted by atomic mass is 35.5. The number of hydrogen-bond acceptors (Lipinski definition) is 3. The van der Waals surface area contributed by atoms with Gasteiger partial charge < -0.3 is 15.1 Å². The Hall–Kier alpha value is -1.26. The SMILES string of the molecule is CCCN(CCN(C)C)C(=O)c1cc(Cl)ccc1NCC. The number of hydrogen-bond donors (Lipinski definition) is 1. The van der Waals surface area contributed by atoms with Gasteiger partial charge in [-0.1, -0.05) is 18.5 Å². The quantitative estimate of drug-likeness (QED) is 0.801. The third-order valence-electron chi connectivity index (χ3n) is 3.18. The highest BCUT2D eigenvalue weighted by molar-refractivity contribution is 6.31. The number of anilines is 1. The van der Waals surface area contributed by atoms with Gasteiger partial charge in [-0.05, 0) is 45.6 Å². The van der Waals surface area contributed by atoms with Crippen molar-refractivity contribution in [2.75, 3.05) is 45.6 Å². The van der Waals surface area contributed by atoms with Gasteiger partial charge in [-0.2, -0.15) is 0 Å². The molecule has 1 aromatic carbocycles. The van der Waals surface area contributed by atoms with Crippen molar-refractivity contribution in [3.8, 4) is 0 Å². The molecule has 118 valence electrons. The zero-order valence-corrected chi connectivity index (χ0v) is 14.2. The molecule has 0 radical (unpaired) electrons. The summed E-state index contributed by atoms with van der Waals surface area (Å²) in [5, 5.41) is 3.82. The fourth-order valence-corrected chi connectivity index (χ4v) is 2.29. The Morgan fingerprint density at radius 2 is 1.90 bits per heavy atom. The van der Waals surface area contributed by atoms with E-state index in [-0.39, 0.29) is 5.91 Å². The van der Waals surface area contributed by atoms with Crippen molar-refractivity contribution >= 4 is 23.2 Å². The second-order valence-corrected chi connectivity index (χ2v) is 5.75. The van der Waals surface area contributed by atoms with Crippen molar-refractivity contribution < 1.29 is 4.79 Å². The molecule has 4 nitrogen and oxygen atoms in total. The number of rotatable bonds is 8. The van der Waals surface area contributed by atoms with Crippen molar-refractivity contribution in [1.29, 1.82) is 0 Å². The van der Waals surface area contributed by atoms with Crippen molar-refractivity contribution in [1.82, 2.24) is 9.80 Å². The van der Waals surface area contributed by atoms with Crippen LogP contribution in [0.2, 0.25) is 5.02 Å². The zero-order valence-electron chi connectivity index (χ0n) is 13.4. The maximum absolute atomic E-state index is 12.8. The summed E-state index contributed by atoms with van der Waals surface area (Å²) >= 11 is 6.06. The van der Waals surface area contributed by atoms with Crippen LogP contribution in [0.5, 0.6) is 0 Å². The molecule has 21 heavy (non-hydrogen) atoms. The van der Waals surface area contributed by atoms with Crippen molar-refractivity contribution in [2.45, 2.75) is 20.3 Å². The van der Waals surface area contributed by atoms with Gasteiger partial charge in [0, 0.05) is 36.9 Å². The van der Waals surface area contributed by atoms with E-state index < -0.39 is 0 Å². The third-order valence-corrected chi connectivity index (χ3v) is 3.41. The summed E-state index contributed by atoms with van der Waals surface area (Å²) in [7, 11) is 4.02. The second-order valence-electron chi connectivity index (χ2n) is 5.32. The Labute approximate surface area is 133 Å². The topological polar surface area (TPSA) is 35.6 Å². The first-order chi connectivity index (χ1) is 9.99. The third kappa shape index (κ3) is 5.56. The van der Waals surface area contributed by atoms with Crippen LogP contribution in [0.1, 0.15) is 30.6 Å². The van der Waals surface area contributed by atoms with Crippen LogP contribution in [0.4, 0.5) is 5.69 Å². The lowest BCUT2D eigenvalue weighted by atomic mass is 10.1. The van der Waals surface area contributed by atoms with Crippen LogP contribution >= 0.6 is 11.6 Å². The van der Waals surface area contributed by atoms with Gasteiger partial charge in [-0.25, -0.2) is 0 Å². The Balaban J connectivity index is 2.98. The van der Waals surface area contributed by atoms with E-state index in [4.69, 9.17) is 11.6 Å². The molecule has 1 rings (SSSR count). The van der Waals surface area contributed by atoms with Gasteiger partial charge in [0.15, 0.2) is 0 Å². The first kappa shape index (κ1) is 17.8. The maximum Gasteiger partial charge on any atom is 0.256 e. The Bertz CT molecular complexity index is 463. The van der Waals surface area contributed by atoms with Crippen molar-refractivity contribution in [3.63, 3.8) is 0 Å².